The second-order valence-electron chi connectivity index (χ2n) is 5.59. The maximum Gasteiger partial charge on any atom is 0.338 e. The van der Waals surface area contributed by atoms with Gasteiger partial charge in [-0.15, -0.1) is 0 Å². The van der Waals surface area contributed by atoms with E-state index in [1.165, 1.54) is 11.8 Å². The van der Waals surface area contributed by atoms with E-state index < -0.39 is 12.0 Å². The summed E-state index contributed by atoms with van der Waals surface area (Å²) in [7, 11) is 1.58. The molecule has 0 saturated carbocycles. The molecule has 0 bridgehead atoms. The Morgan fingerprint density at radius 3 is 2.92 bits per heavy atom. The fourth-order valence-corrected chi connectivity index (χ4v) is 3.85. The summed E-state index contributed by atoms with van der Waals surface area (Å²) in [6, 6.07) is 8.91. The Bertz CT molecular complexity index is 898. The van der Waals surface area contributed by atoms with Crippen LogP contribution in [0.15, 0.2) is 51.3 Å². The van der Waals surface area contributed by atoms with Crippen LogP contribution in [-0.4, -0.2) is 29.8 Å². The number of aliphatic imine (C=N–C) groups is 1. The number of hydrogen-bond donors (Lipinski definition) is 1. The van der Waals surface area contributed by atoms with Crippen LogP contribution in [-0.2, 0) is 9.53 Å². The molecule has 26 heavy (non-hydrogen) atoms. The van der Waals surface area contributed by atoms with Crippen LogP contribution in [0.5, 0.6) is 5.75 Å². The Morgan fingerprint density at radius 2 is 2.27 bits per heavy atom. The average molecular weight is 370 g/mol. The highest BCUT2D eigenvalue weighted by atomic mass is 32.2. The fraction of sp³-hybridized carbons (Fsp3) is 0.278. The van der Waals surface area contributed by atoms with Crippen molar-refractivity contribution in [1.82, 2.24) is 4.90 Å². The number of nitrogens with zero attached hydrogens (tertiary/aromatic N) is 3. The third-order valence-electron chi connectivity index (χ3n) is 4.08. The first-order valence-electron chi connectivity index (χ1n) is 7.99. The molecule has 1 aromatic rings. The van der Waals surface area contributed by atoms with E-state index in [4.69, 9.17) is 15.2 Å². The smallest absolute Gasteiger partial charge is 0.338 e. The number of thioether (sulfide) groups is 1. The number of esters is 1. The van der Waals surface area contributed by atoms with Crippen molar-refractivity contribution in [3.05, 3.63) is 51.8 Å². The molecule has 0 radical (unpaired) electrons. The molecule has 1 atom stereocenters. The van der Waals surface area contributed by atoms with Crippen LogP contribution in [0.3, 0.4) is 0 Å². The monoisotopic (exact) mass is 370 g/mol. The van der Waals surface area contributed by atoms with E-state index in [9.17, 15) is 10.1 Å². The van der Waals surface area contributed by atoms with Gasteiger partial charge in [0.05, 0.1) is 31.0 Å². The van der Waals surface area contributed by atoms with Crippen LogP contribution in [0, 0.1) is 11.3 Å². The van der Waals surface area contributed by atoms with Crippen molar-refractivity contribution < 1.29 is 14.3 Å². The van der Waals surface area contributed by atoms with E-state index in [1.54, 1.807) is 25.9 Å². The lowest BCUT2D eigenvalue weighted by Crippen LogP contribution is -2.38. The quantitative estimate of drug-likeness (QED) is 0.813. The van der Waals surface area contributed by atoms with Crippen LogP contribution >= 0.6 is 11.8 Å². The minimum absolute atomic E-state index is 0.251. The number of rotatable bonds is 4. The second-order valence-corrected chi connectivity index (χ2v) is 6.57. The summed E-state index contributed by atoms with van der Waals surface area (Å²) in [6.45, 7) is 3.76. The molecule has 0 aromatic heterocycles. The third kappa shape index (κ3) is 2.91. The van der Waals surface area contributed by atoms with Crippen molar-refractivity contribution in [2.45, 2.75) is 19.9 Å². The van der Waals surface area contributed by atoms with Gasteiger partial charge < -0.3 is 15.2 Å². The summed E-state index contributed by atoms with van der Waals surface area (Å²) >= 11 is 1.19. The number of ether oxygens (including phenoxy) is 2. The maximum atomic E-state index is 12.7. The predicted molar refractivity (Wildman–Crippen MR) is 98.8 cm³/mol. The Morgan fingerprint density at radius 1 is 1.50 bits per heavy atom. The molecule has 2 N–H and O–H groups in total. The summed E-state index contributed by atoms with van der Waals surface area (Å²) in [5, 5.41) is 9.90. The van der Waals surface area contributed by atoms with E-state index in [0.29, 0.717) is 27.1 Å². The van der Waals surface area contributed by atoms with Gasteiger partial charge in [-0.05, 0) is 43.3 Å². The molecule has 2 aliphatic heterocycles. The molecule has 3 rings (SSSR count). The number of amidine groups is 1. The normalized spacial score (nSPS) is 19.1. The molecule has 2 aliphatic rings. The minimum atomic E-state index is -0.546. The topological polar surface area (TPSA) is 101 Å². The molecule has 0 amide bonds. The van der Waals surface area contributed by atoms with Gasteiger partial charge in [-0.1, -0.05) is 12.1 Å². The zero-order valence-electron chi connectivity index (χ0n) is 14.6. The summed E-state index contributed by atoms with van der Waals surface area (Å²) in [5.74, 6) is 0.476. The Kier molecular flexibility index (Phi) is 4.91. The molecule has 0 aliphatic carbocycles. The second kappa shape index (κ2) is 7.14. The van der Waals surface area contributed by atoms with Gasteiger partial charge in [-0.3, -0.25) is 4.90 Å². The largest absolute Gasteiger partial charge is 0.497 e. The molecule has 1 aromatic carbocycles. The Labute approximate surface area is 155 Å². The van der Waals surface area contributed by atoms with Crippen LogP contribution in [0.25, 0.3) is 0 Å². The number of nitrogens with two attached hydrogens (primary N) is 1. The van der Waals surface area contributed by atoms with Gasteiger partial charge in [-0.25, -0.2) is 9.79 Å². The average Bonchev–Trinajstić information content (AvgIpc) is 2.96. The number of allylic oxidation sites excluding steroid dienone is 2. The highest BCUT2D eigenvalue weighted by Gasteiger charge is 2.42. The summed E-state index contributed by atoms with van der Waals surface area (Å²) in [6.07, 6.45) is 0. The minimum Gasteiger partial charge on any atom is -0.497 e. The Hall–Kier alpha value is -2.92. The number of fused-ring (bicyclic) bond motifs is 1. The molecular weight excluding hydrogens is 352 g/mol. The lowest BCUT2D eigenvalue weighted by Gasteiger charge is -2.34. The first-order chi connectivity index (χ1) is 12.5. The van der Waals surface area contributed by atoms with Gasteiger partial charge in [0, 0.05) is 0 Å². The molecule has 7 nitrogen and oxygen atoms in total. The molecule has 0 saturated heterocycles. The number of carbonyl (C=O) groups is 1. The van der Waals surface area contributed by atoms with Gasteiger partial charge in [0.1, 0.15) is 22.5 Å². The first kappa shape index (κ1) is 17.9. The summed E-state index contributed by atoms with van der Waals surface area (Å²) in [4.78, 5) is 19.2. The van der Waals surface area contributed by atoms with Crippen molar-refractivity contribution in [1.29, 1.82) is 5.26 Å². The molecule has 2 heterocycles. The van der Waals surface area contributed by atoms with E-state index in [1.807, 2.05) is 24.3 Å². The highest BCUT2D eigenvalue weighted by molar-refractivity contribution is 8.17. The predicted octanol–water partition coefficient (Wildman–Crippen LogP) is 2.64. The van der Waals surface area contributed by atoms with Crippen LogP contribution in [0.4, 0.5) is 0 Å². The number of methoxy groups -OCH3 is 1. The van der Waals surface area contributed by atoms with E-state index in [-0.39, 0.29) is 12.4 Å². The van der Waals surface area contributed by atoms with Gasteiger partial charge in [0.2, 0.25) is 0 Å². The van der Waals surface area contributed by atoms with Crippen molar-refractivity contribution in [3.63, 3.8) is 0 Å². The van der Waals surface area contributed by atoms with Gasteiger partial charge in [0.25, 0.3) is 0 Å². The molecule has 0 spiro atoms. The SMILES string of the molecule is CCOC(=O)C1=C(C)N=C2SC(C#N)=C(N)N2[C@@H]1c1cccc(OC)c1. The number of hydrogen-bond acceptors (Lipinski definition) is 8. The van der Waals surface area contributed by atoms with Crippen molar-refractivity contribution >= 4 is 22.9 Å². The van der Waals surface area contributed by atoms with Crippen molar-refractivity contribution in [3.8, 4) is 11.8 Å². The molecule has 0 fully saturated rings. The van der Waals surface area contributed by atoms with Crippen LogP contribution < -0.4 is 10.5 Å². The van der Waals surface area contributed by atoms with Gasteiger partial charge in [0.15, 0.2) is 5.17 Å². The zero-order chi connectivity index (χ0) is 18.8. The Balaban J connectivity index is 2.19. The summed E-state index contributed by atoms with van der Waals surface area (Å²) < 4.78 is 10.6. The van der Waals surface area contributed by atoms with E-state index in [0.717, 1.165) is 5.56 Å². The van der Waals surface area contributed by atoms with Gasteiger partial charge >= 0.3 is 5.97 Å². The number of carbonyl (C=O) groups excluding carboxylic acids is 1. The van der Waals surface area contributed by atoms with Crippen molar-refractivity contribution in [2.75, 3.05) is 13.7 Å². The summed E-state index contributed by atoms with van der Waals surface area (Å²) in [5.41, 5.74) is 7.93. The van der Waals surface area contributed by atoms with E-state index >= 15 is 0 Å². The molecular formula is C18H18N4O3S. The van der Waals surface area contributed by atoms with Crippen molar-refractivity contribution in [2.24, 2.45) is 10.7 Å². The fourth-order valence-electron chi connectivity index (χ4n) is 2.94. The van der Waals surface area contributed by atoms with Gasteiger partial charge in [-0.2, -0.15) is 5.26 Å². The number of benzene rings is 1. The highest BCUT2D eigenvalue weighted by Crippen LogP contribution is 2.45. The third-order valence-corrected chi connectivity index (χ3v) is 5.06. The molecule has 8 heteroatoms. The van der Waals surface area contributed by atoms with E-state index in [2.05, 4.69) is 11.1 Å². The lowest BCUT2D eigenvalue weighted by atomic mass is 9.94. The lowest BCUT2D eigenvalue weighted by molar-refractivity contribution is -0.139. The molecule has 0 unspecified atom stereocenters. The number of nitriles is 1. The first-order valence-corrected chi connectivity index (χ1v) is 8.80. The standard InChI is InChI=1S/C18H18N4O3S/c1-4-25-17(23)14-10(2)21-18-22(16(20)13(9-19)26-18)15(14)11-6-5-7-12(8-11)24-3/h5-8,15H,4,20H2,1-3H3/t15-/m1/s1. The maximum absolute atomic E-state index is 12.7. The van der Waals surface area contributed by atoms with Crippen LogP contribution in [0.1, 0.15) is 25.5 Å². The molecule has 134 valence electrons. The zero-order valence-corrected chi connectivity index (χ0v) is 15.5. The van der Waals surface area contributed by atoms with Crippen LogP contribution in [0.2, 0.25) is 0 Å².